The van der Waals surface area contributed by atoms with E-state index in [1.165, 1.54) is 0 Å². The van der Waals surface area contributed by atoms with Crippen molar-refractivity contribution in [2.45, 2.75) is 26.5 Å². The summed E-state index contributed by atoms with van der Waals surface area (Å²) in [4.78, 5) is 12.3. The van der Waals surface area contributed by atoms with Crippen molar-refractivity contribution in [3.05, 3.63) is 82.6 Å². The number of halogens is 1. The van der Waals surface area contributed by atoms with E-state index < -0.39 is 0 Å². The van der Waals surface area contributed by atoms with Crippen LogP contribution in [0.15, 0.2) is 60.8 Å². The summed E-state index contributed by atoms with van der Waals surface area (Å²) in [5.41, 5.74) is 2.68. The van der Waals surface area contributed by atoms with Crippen LogP contribution < -0.4 is 10.1 Å². The lowest BCUT2D eigenvalue weighted by Gasteiger charge is -2.09. The van der Waals surface area contributed by atoms with Crippen molar-refractivity contribution in [2.24, 2.45) is 0 Å². The molecule has 0 aliphatic rings. The molecule has 0 spiro atoms. The Hall–Kier alpha value is -2.79. The van der Waals surface area contributed by atoms with Gasteiger partial charge in [0.2, 0.25) is 0 Å². The van der Waals surface area contributed by atoms with E-state index in [2.05, 4.69) is 10.4 Å². The maximum Gasteiger partial charge on any atom is 0.251 e. The van der Waals surface area contributed by atoms with E-state index >= 15 is 0 Å². The number of benzene rings is 2. The molecule has 1 amide bonds. The quantitative estimate of drug-likeness (QED) is 0.592. The molecular weight excluding hydrogens is 362 g/mol. The lowest BCUT2D eigenvalue weighted by atomic mass is 10.1. The Morgan fingerprint density at radius 1 is 1.19 bits per heavy atom. The van der Waals surface area contributed by atoms with Gasteiger partial charge in [-0.1, -0.05) is 23.7 Å². The normalized spacial score (nSPS) is 10.6. The minimum atomic E-state index is -0.0828. The monoisotopic (exact) mass is 383 g/mol. The zero-order valence-corrected chi connectivity index (χ0v) is 15.9. The molecule has 0 bridgehead atoms. The average Bonchev–Trinajstić information content (AvgIpc) is 3.09. The van der Waals surface area contributed by atoms with Crippen molar-refractivity contribution < 1.29 is 9.53 Å². The predicted molar refractivity (Wildman–Crippen MR) is 106 cm³/mol. The van der Waals surface area contributed by atoms with Gasteiger partial charge in [0.25, 0.3) is 5.91 Å². The summed E-state index contributed by atoms with van der Waals surface area (Å²) in [6.07, 6.45) is 2.61. The number of rotatable bonds is 8. The van der Waals surface area contributed by atoms with Crippen molar-refractivity contribution >= 4 is 17.5 Å². The van der Waals surface area contributed by atoms with E-state index in [1.54, 1.807) is 24.4 Å². The number of carbonyl (C=O) groups excluding carboxylic acids is 1. The minimum absolute atomic E-state index is 0.0828. The summed E-state index contributed by atoms with van der Waals surface area (Å²) >= 11 is 5.87. The lowest BCUT2D eigenvalue weighted by molar-refractivity contribution is 0.0952. The van der Waals surface area contributed by atoms with E-state index in [9.17, 15) is 4.79 Å². The Morgan fingerprint density at radius 2 is 2.00 bits per heavy atom. The standard InChI is InChI=1S/C21H22ClN3O2/c1-16-10-12-24-25(16)13-3-11-23-21(26)18-5-2-4-17(14-18)15-27-20-8-6-19(22)7-9-20/h2,4-10,12,14H,3,11,13,15H2,1H3,(H,23,26). The van der Waals surface area contributed by atoms with E-state index in [0.717, 1.165) is 30.0 Å². The van der Waals surface area contributed by atoms with Gasteiger partial charge in [-0.2, -0.15) is 5.10 Å². The zero-order valence-electron chi connectivity index (χ0n) is 15.2. The van der Waals surface area contributed by atoms with Crippen molar-refractivity contribution in [3.63, 3.8) is 0 Å². The number of carbonyl (C=O) groups is 1. The molecular formula is C21H22ClN3O2. The molecule has 1 heterocycles. The molecule has 140 valence electrons. The van der Waals surface area contributed by atoms with Gasteiger partial charge in [0, 0.05) is 35.6 Å². The molecule has 0 saturated carbocycles. The van der Waals surface area contributed by atoms with Crippen LogP contribution in [0.4, 0.5) is 0 Å². The van der Waals surface area contributed by atoms with Crippen LogP contribution >= 0.6 is 11.6 Å². The highest BCUT2D eigenvalue weighted by Crippen LogP contribution is 2.17. The average molecular weight is 384 g/mol. The lowest BCUT2D eigenvalue weighted by Crippen LogP contribution is -2.25. The molecule has 0 saturated heterocycles. The molecule has 3 rings (SSSR count). The number of ether oxygens (including phenoxy) is 1. The van der Waals surface area contributed by atoms with Gasteiger partial charge in [0.1, 0.15) is 12.4 Å². The van der Waals surface area contributed by atoms with Gasteiger partial charge < -0.3 is 10.1 Å². The Bertz CT molecular complexity index is 890. The third kappa shape index (κ3) is 5.59. The van der Waals surface area contributed by atoms with E-state index in [-0.39, 0.29) is 5.91 Å². The van der Waals surface area contributed by atoms with Crippen LogP contribution in [-0.2, 0) is 13.2 Å². The number of nitrogens with zero attached hydrogens (tertiary/aromatic N) is 2. The summed E-state index contributed by atoms with van der Waals surface area (Å²) in [6.45, 7) is 3.79. The molecule has 0 aliphatic heterocycles. The Balaban J connectivity index is 1.47. The van der Waals surface area contributed by atoms with Crippen LogP contribution in [0.1, 0.15) is 28.0 Å². The Morgan fingerprint density at radius 3 is 2.74 bits per heavy atom. The number of hydrogen-bond acceptors (Lipinski definition) is 3. The Kier molecular flexibility index (Phi) is 6.49. The minimum Gasteiger partial charge on any atom is -0.489 e. The summed E-state index contributed by atoms with van der Waals surface area (Å²) in [5, 5.41) is 7.86. The van der Waals surface area contributed by atoms with Crippen molar-refractivity contribution in [1.82, 2.24) is 15.1 Å². The highest BCUT2D eigenvalue weighted by atomic mass is 35.5. The third-order valence-electron chi connectivity index (χ3n) is 4.17. The van der Waals surface area contributed by atoms with Gasteiger partial charge >= 0.3 is 0 Å². The second-order valence-corrected chi connectivity index (χ2v) is 6.68. The molecule has 1 aromatic heterocycles. The van der Waals surface area contributed by atoms with Crippen LogP contribution in [0.25, 0.3) is 0 Å². The summed E-state index contributed by atoms with van der Waals surface area (Å²) in [6, 6.07) is 16.6. The molecule has 0 atom stereocenters. The first kappa shape index (κ1) is 19.0. The fourth-order valence-corrected chi connectivity index (χ4v) is 2.79. The van der Waals surface area contributed by atoms with E-state index in [4.69, 9.17) is 16.3 Å². The zero-order chi connectivity index (χ0) is 19.1. The smallest absolute Gasteiger partial charge is 0.251 e. The van der Waals surface area contributed by atoms with Gasteiger partial charge in [0.05, 0.1) is 0 Å². The molecule has 27 heavy (non-hydrogen) atoms. The maximum atomic E-state index is 12.3. The second kappa shape index (κ2) is 9.24. The molecule has 0 fully saturated rings. The highest BCUT2D eigenvalue weighted by molar-refractivity contribution is 6.30. The van der Waals surface area contributed by atoms with Crippen molar-refractivity contribution in [2.75, 3.05) is 6.54 Å². The topological polar surface area (TPSA) is 56.2 Å². The molecule has 2 aromatic carbocycles. The summed E-state index contributed by atoms with van der Waals surface area (Å²) in [5.74, 6) is 0.656. The molecule has 0 radical (unpaired) electrons. The molecule has 5 nitrogen and oxygen atoms in total. The number of nitrogens with one attached hydrogen (secondary N) is 1. The molecule has 1 N–H and O–H groups in total. The van der Waals surface area contributed by atoms with Gasteiger partial charge in [-0.05, 0) is 61.4 Å². The van der Waals surface area contributed by atoms with Gasteiger partial charge in [0.15, 0.2) is 0 Å². The van der Waals surface area contributed by atoms with Crippen LogP contribution in [0.5, 0.6) is 5.75 Å². The van der Waals surface area contributed by atoms with Gasteiger partial charge in [-0.15, -0.1) is 0 Å². The predicted octanol–water partition coefficient (Wildman–Crippen LogP) is 4.24. The maximum absolute atomic E-state index is 12.3. The van der Waals surface area contributed by atoms with Crippen LogP contribution in [0.2, 0.25) is 5.02 Å². The first-order valence-electron chi connectivity index (χ1n) is 8.86. The third-order valence-corrected chi connectivity index (χ3v) is 4.42. The SMILES string of the molecule is Cc1ccnn1CCCNC(=O)c1cccc(COc2ccc(Cl)cc2)c1. The molecule has 0 unspecified atom stereocenters. The number of hydrogen-bond donors (Lipinski definition) is 1. The number of aromatic nitrogens is 2. The molecule has 6 heteroatoms. The molecule has 3 aromatic rings. The largest absolute Gasteiger partial charge is 0.489 e. The first-order valence-corrected chi connectivity index (χ1v) is 9.23. The fourth-order valence-electron chi connectivity index (χ4n) is 2.67. The van der Waals surface area contributed by atoms with E-state index in [1.807, 2.05) is 48.0 Å². The van der Waals surface area contributed by atoms with Crippen molar-refractivity contribution in [1.29, 1.82) is 0 Å². The molecule has 0 aliphatic carbocycles. The number of amides is 1. The second-order valence-electron chi connectivity index (χ2n) is 6.25. The van der Waals surface area contributed by atoms with Gasteiger partial charge in [-0.3, -0.25) is 9.48 Å². The van der Waals surface area contributed by atoms with E-state index in [0.29, 0.717) is 23.7 Å². The Labute approximate surface area is 163 Å². The van der Waals surface area contributed by atoms with Crippen LogP contribution in [-0.4, -0.2) is 22.2 Å². The van der Waals surface area contributed by atoms with Gasteiger partial charge in [-0.25, -0.2) is 0 Å². The highest BCUT2D eigenvalue weighted by Gasteiger charge is 2.06. The number of aryl methyl sites for hydroxylation is 2. The fraction of sp³-hybridized carbons (Fsp3) is 0.238. The first-order chi connectivity index (χ1) is 13.1. The van der Waals surface area contributed by atoms with Crippen LogP contribution in [0, 0.1) is 6.92 Å². The van der Waals surface area contributed by atoms with Crippen LogP contribution in [0.3, 0.4) is 0 Å². The van der Waals surface area contributed by atoms with Crippen molar-refractivity contribution in [3.8, 4) is 5.75 Å². The summed E-state index contributed by atoms with van der Waals surface area (Å²) in [7, 11) is 0. The summed E-state index contributed by atoms with van der Waals surface area (Å²) < 4.78 is 7.66.